The second-order valence-corrected chi connectivity index (χ2v) is 3.99. The molecule has 16 heavy (non-hydrogen) atoms. The zero-order valence-electron chi connectivity index (χ0n) is 9.82. The Morgan fingerprint density at radius 3 is 3.12 bits per heavy atom. The summed E-state index contributed by atoms with van der Waals surface area (Å²) in [5.74, 6) is 0. The van der Waals surface area contributed by atoms with Gasteiger partial charge in [-0.15, -0.1) is 0 Å². The van der Waals surface area contributed by atoms with E-state index in [1.807, 2.05) is 12.4 Å². The van der Waals surface area contributed by atoms with E-state index < -0.39 is 0 Å². The molecular formula is C13H19N3. The van der Waals surface area contributed by atoms with Crippen LogP contribution in [0.5, 0.6) is 0 Å². The summed E-state index contributed by atoms with van der Waals surface area (Å²) in [6.45, 7) is 6.15. The molecule has 1 aromatic heterocycles. The molecule has 0 saturated carbocycles. The predicted octanol–water partition coefficient (Wildman–Crippen LogP) is 1.96. The summed E-state index contributed by atoms with van der Waals surface area (Å²) in [5, 5.41) is 3.36. The second kappa shape index (κ2) is 5.66. The number of anilines is 1. The van der Waals surface area contributed by atoms with Gasteiger partial charge in [0.15, 0.2) is 0 Å². The van der Waals surface area contributed by atoms with Crippen molar-refractivity contribution in [3.8, 4) is 0 Å². The van der Waals surface area contributed by atoms with Gasteiger partial charge < -0.3 is 10.2 Å². The van der Waals surface area contributed by atoms with Crippen LogP contribution in [0.2, 0.25) is 0 Å². The highest BCUT2D eigenvalue weighted by atomic mass is 15.1. The second-order valence-electron chi connectivity index (χ2n) is 3.99. The number of rotatable bonds is 4. The van der Waals surface area contributed by atoms with E-state index in [-0.39, 0.29) is 0 Å². The molecule has 0 amide bonds. The first-order valence-corrected chi connectivity index (χ1v) is 5.95. The van der Waals surface area contributed by atoms with Crippen molar-refractivity contribution in [2.45, 2.75) is 19.9 Å². The topological polar surface area (TPSA) is 28.2 Å². The van der Waals surface area contributed by atoms with Crippen molar-refractivity contribution in [2.75, 3.05) is 24.5 Å². The van der Waals surface area contributed by atoms with Crippen LogP contribution in [0.15, 0.2) is 30.6 Å². The Morgan fingerprint density at radius 1 is 1.44 bits per heavy atom. The van der Waals surface area contributed by atoms with Crippen LogP contribution in [0.25, 0.3) is 0 Å². The summed E-state index contributed by atoms with van der Waals surface area (Å²) >= 11 is 0. The third-order valence-electron chi connectivity index (χ3n) is 2.84. The minimum absolute atomic E-state index is 0.903. The monoisotopic (exact) mass is 217 g/mol. The fraction of sp³-hybridized carbons (Fsp3) is 0.462. The fourth-order valence-electron chi connectivity index (χ4n) is 1.98. The van der Waals surface area contributed by atoms with Gasteiger partial charge in [0.2, 0.25) is 0 Å². The lowest BCUT2D eigenvalue weighted by Crippen LogP contribution is -2.28. The third kappa shape index (κ3) is 2.61. The van der Waals surface area contributed by atoms with Crippen LogP contribution in [0.1, 0.15) is 18.9 Å². The first-order chi connectivity index (χ1) is 7.92. The molecule has 1 N–H and O–H groups in total. The Labute approximate surface area is 97.2 Å². The van der Waals surface area contributed by atoms with E-state index in [2.05, 4.69) is 40.3 Å². The highest BCUT2D eigenvalue weighted by Crippen LogP contribution is 2.21. The molecule has 2 heterocycles. The Morgan fingerprint density at radius 2 is 2.38 bits per heavy atom. The standard InChI is InChI=1S/C13H19N3/c1-2-14-10-12-11-15-7-6-13(12)16-8-4-3-5-9-16/h3-4,6-7,11,14H,2,5,8-10H2,1H3. The van der Waals surface area contributed by atoms with E-state index in [4.69, 9.17) is 0 Å². The van der Waals surface area contributed by atoms with Gasteiger partial charge in [-0.05, 0) is 19.0 Å². The largest absolute Gasteiger partial charge is 0.367 e. The first kappa shape index (κ1) is 11.1. The van der Waals surface area contributed by atoms with Crippen LogP contribution < -0.4 is 10.2 Å². The van der Waals surface area contributed by atoms with Gasteiger partial charge in [0.05, 0.1) is 0 Å². The Hall–Kier alpha value is -1.35. The molecule has 0 radical (unpaired) electrons. The van der Waals surface area contributed by atoms with E-state index in [1.54, 1.807) is 0 Å². The fourth-order valence-corrected chi connectivity index (χ4v) is 1.98. The molecule has 3 heteroatoms. The Bertz CT molecular complexity index is 360. The van der Waals surface area contributed by atoms with Crippen molar-refractivity contribution >= 4 is 5.69 Å². The summed E-state index contributed by atoms with van der Waals surface area (Å²) in [6.07, 6.45) is 9.48. The zero-order valence-corrected chi connectivity index (χ0v) is 9.82. The van der Waals surface area contributed by atoms with Crippen molar-refractivity contribution < 1.29 is 0 Å². The van der Waals surface area contributed by atoms with E-state index in [0.717, 1.165) is 32.6 Å². The lowest BCUT2D eigenvalue weighted by atomic mass is 10.1. The smallest absolute Gasteiger partial charge is 0.0445 e. The molecule has 0 atom stereocenters. The van der Waals surface area contributed by atoms with Crippen molar-refractivity contribution in [2.24, 2.45) is 0 Å². The quantitative estimate of drug-likeness (QED) is 0.781. The molecule has 1 aromatic rings. The normalized spacial score (nSPS) is 15.4. The van der Waals surface area contributed by atoms with Gasteiger partial charge in [-0.2, -0.15) is 0 Å². The van der Waals surface area contributed by atoms with Crippen LogP contribution in [-0.4, -0.2) is 24.6 Å². The maximum Gasteiger partial charge on any atom is 0.0445 e. The molecule has 0 aliphatic carbocycles. The summed E-state index contributed by atoms with van der Waals surface area (Å²) in [5.41, 5.74) is 2.61. The average Bonchev–Trinajstić information content (AvgIpc) is 2.38. The van der Waals surface area contributed by atoms with Crippen LogP contribution in [0, 0.1) is 0 Å². The lowest BCUT2D eigenvalue weighted by molar-refractivity contribution is 0.716. The highest BCUT2D eigenvalue weighted by molar-refractivity contribution is 5.53. The van der Waals surface area contributed by atoms with Gasteiger partial charge >= 0.3 is 0 Å². The molecule has 0 bridgehead atoms. The lowest BCUT2D eigenvalue weighted by Gasteiger charge is -2.27. The SMILES string of the molecule is CCNCc1cnccc1N1CC=CCC1. The predicted molar refractivity (Wildman–Crippen MR) is 67.6 cm³/mol. The highest BCUT2D eigenvalue weighted by Gasteiger charge is 2.11. The van der Waals surface area contributed by atoms with E-state index in [9.17, 15) is 0 Å². The molecule has 86 valence electrons. The summed E-state index contributed by atoms with van der Waals surface area (Å²) < 4.78 is 0. The molecule has 1 aliphatic rings. The summed E-state index contributed by atoms with van der Waals surface area (Å²) in [7, 11) is 0. The molecule has 1 aliphatic heterocycles. The van der Waals surface area contributed by atoms with Crippen LogP contribution >= 0.6 is 0 Å². The van der Waals surface area contributed by atoms with Crippen molar-refractivity contribution in [1.82, 2.24) is 10.3 Å². The molecule has 0 saturated heterocycles. The van der Waals surface area contributed by atoms with Gasteiger partial charge in [-0.3, -0.25) is 4.98 Å². The third-order valence-corrected chi connectivity index (χ3v) is 2.84. The first-order valence-electron chi connectivity index (χ1n) is 5.95. The summed E-state index contributed by atoms with van der Waals surface area (Å²) in [6, 6.07) is 2.12. The molecule has 0 aromatic carbocycles. The van der Waals surface area contributed by atoms with Gasteiger partial charge in [-0.25, -0.2) is 0 Å². The molecule has 2 rings (SSSR count). The Kier molecular flexibility index (Phi) is 3.94. The van der Waals surface area contributed by atoms with Crippen LogP contribution in [0.4, 0.5) is 5.69 Å². The maximum absolute atomic E-state index is 4.21. The van der Waals surface area contributed by atoms with Crippen molar-refractivity contribution in [3.05, 3.63) is 36.2 Å². The number of nitrogens with one attached hydrogen (secondary N) is 1. The van der Waals surface area contributed by atoms with Crippen LogP contribution in [-0.2, 0) is 6.54 Å². The average molecular weight is 217 g/mol. The molecule has 3 nitrogen and oxygen atoms in total. The molecule has 0 spiro atoms. The molecule has 0 fully saturated rings. The molecular weight excluding hydrogens is 198 g/mol. The number of hydrogen-bond acceptors (Lipinski definition) is 3. The summed E-state index contributed by atoms with van der Waals surface area (Å²) in [4.78, 5) is 6.62. The van der Waals surface area contributed by atoms with Gasteiger partial charge in [0.1, 0.15) is 0 Å². The maximum atomic E-state index is 4.21. The van der Waals surface area contributed by atoms with Gasteiger partial charge in [0.25, 0.3) is 0 Å². The Balaban J connectivity index is 2.14. The number of pyridine rings is 1. The minimum Gasteiger partial charge on any atom is -0.367 e. The van der Waals surface area contributed by atoms with E-state index in [0.29, 0.717) is 0 Å². The van der Waals surface area contributed by atoms with Crippen molar-refractivity contribution in [3.63, 3.8) is 0 Å². The number of aromatic nitrogens is 1. The van der Waals surface area contributed by atoms with Crippen LogP contribution in [0.3, 0.4) is 0 Å². The van der Waals surface area contributed by atoms with Crippen molar-refractivity contribution in [1.29, 1.82) is 0 Å². The van der Waals surface area contributed by atoms with Gasteiger partial charge in [0, 0.05) is 43.3 Å². The molecule has 0 unspecified atom stereocenters. The van der Waals surface area contributed by atoms with E-state index in [1.165, 1.54) is 11.3 Å². The van der Waals surface area contributed by atoms with Gasteiger partial charge in [-0.1, -0.05) is 19.1 Å². The van der Waals surface area contributed by atoms with E-state index >= 15 is 0 Å². The number of hydrogen-bond donors (Lipinski definition) is 1. The zero-order chi connectivity index (χ0) is 11.2. The minimum atomic E-state index is 0.903. The number of nitrogens with zero attached hydrogens (tertiary/aromatic N) is 2.